The molecule has 132 valence electrons. The average molecular weight is 358 g/mol. The number of likely N-dealkylation sites (N-methyl/N-ethyl adjacent to an activating group) is 1. The van der Waals surface area contributed by atoms with Crippen LogP contribution in [0.1, 0.15) is 18.1 Å². The lowest BCUT2D eigenvalue weighted by Gasteiger charge is -2.36. The van der Waals surface area contributed by atoms with Gasteiger partial charge in [-0.15, -0.1) is 0 Å². The number of nitrogens with one attached hydrogen (secondary N) is 1. The van der Waals surface area contributed by atoms with Crippen LogP contribution in [-0.4, -0.2) is 51.9 Å². The van der Waals surface area contributed by atoms with Gasteiger partial charge in [-0.25, -0.2) is 9.79 Å². The minimum atomic E-state index is -0.504. The van der Waals surface area contributed by atoms with Gasteiger partial charge in [0, 0.05) is 19.3 Å². The second kappa shape index (κ2) is 6.92. The lowest BCUT2D eigenvalue weighted by atomic mass is 10.1. The van der Waals surface area contributed by atoms with Crippen molar-refractivity contribution in [3.8, 4) is 0 Å². The smallest absolute Gasteiger partial charge is 0.325 e. The number of fused-ring (bicyclic) bond motifs is 1. The van der Waals surface area contributed by atoms with E-state index in [1.54, 1.807) is 18.8 Å². The van der Waals surface area contributed by atoms with Crippen molar-refractivity contribution in [2.75, 3.05) is 12.8 Å². The maximum absolute atomic E-state index is 12.5. The Morgan fingerprint density at radius 3 is 2.84 bits per heavy atom. The van der Waals surface area contributed by atoms with Crippen LogP contribution in [0.3, 0.4) is 0 Å². The molecule has 0 spiro atoms. The molecule has 3 rings (SSSR count). The summed E-state index contributed by atoms with van der Waals surface area (Å²) in [5.74, 6) is 0.428. The van der Waals surface area contributed by atoms with Crippen molar-refractivity contribution in [2.24, 2.45) is 4.99 Å². The minimum absolute atomic E-state index is 0.296. The van der Waals surface area contributed by atoms with Crippen molar-refractivity contribution >= 4 is 28.9 Å². The zero-order chi connectivity index (χ0) is 18.1. The fourth-order valence-corrected chi connectivity index (χ4v) is 3.88. The van der Waals surface area contributed by atoms with Crippen molar-refractivity contribution in [2.45, 2.75) is 32.6 Å². The standard InChI is InChI=1S/C18H22N4O2S/c1-11(2)10-25-18-19-15-14(16(23)20-17(24)21(15)4)22(18)9-13-7-5-6-12(3)8-13/h5-8,14-15H,1,9-10H2,2-4H3,(H,20,23,24). The molecule has 2 atom stereocenters. The zero-order valence-corrected chi connectivity index (χ0v) is 15.5. The summed E-state index contributed by atoms with van der Waals surface area (Å²) >= 11 is 1.55. The number of carbonyl (C=O) groups excluding carboxylic acids is 2. The highest BCUT2D eigenvalue weighted by atomic mass is 32.2. The van der Waals surface area contributed by atoms with Gasteiger partial charge in [-0.2, -0.15) is 0 Å². The normalized spacial score (nSPS) is 22.6. The second-order valence-electron chi connectivity index (χ2n) is 6.54. The van der Waals surface area contributed by atoms with Gasteiger partial charge in [-0.05, 0) is 19.4 Å². The molecule has 2 aliphatic heterocycles. The SMILES string of the molecule is C=C(C)CSC1=NC2C(C(=O)NC(=O)N2C)N1Cc1cccc(C)c1. The summed E-state index contributed by atoms with van der Waals surface area (Å²) in [6.45, 7) is 8.50. The van der Waals surface area contributed by atoms with Crippen LogP contribution in [0.5, 0.6) is 0 Å². The highest BCUT2D eigenvalue weighted by Gasteiger charge is 2.48. The van der Waals surface area contributed by atoms with E-state index in [1.807, 2.05) is 36.9 Å². The Hall–Kier alpha value is -2.28. The molecule has 3 amide bonds. The van der Waals surface area contributed by atoms with E-state index in [0.717, 1.165) is 22.1 Å². The molecule has 1 N–H and O–H groups in total. The summed E-state index contributed by atoms with van der Waals surface area (Å²) in [6, 6.07) is 7.28. The molecule has 1 aromatic carbocycles. The number of carbonyl (C=O) groups is 2. The summed E-state index contributed by atoms with van der Waals surface area (Å²) in [7, 11) is 1.67. The Balaban J connectivity index is 1.90. The maximum atomic E-state index is 12.5. The van der Waals surface area contributed by atoms with E-state index in [1.165, 1.54) is 10.5 Å². The van der Waals surface area contributed by atoms with Crippen LogP contribution in [0, 0.1) is 6.92 Å². The molecule has 2 heterocycles. The highest BCUT2D eigenvalue weighted by molar-refractivity contribution is 8.13. The monoisotopic (exact) mass is 358 g/mol. The van der Waals surface area contributed by atoms with Gasteiger partial charge in [0.25, 0.3) is 5.91 Å². The number of rotatable bonds is 4. The Morgan fingerprint density at radius 2 is 2.16 bits per heavy atom. The second-order valence-corrected chi connectivity index (χ2v) is 7.48. The molecule has 6 nitrogen and oxygen atoms in total. The van der Waals surface area contributed by atoms with Crippen LogP contribution >= 0.6 is 11.8 Å². The fourth-order valence-electron chi connectivity index (χ4n) is 2.98. The maximum Gasteiger partial charge on any atom is 0.325 e. The van der Waals surface area contributed by atoms with Gasteiger partial charge >= 0.3 is 6.03 Å². The predicted octanol–water partition coefficient (Wildman–Crippen LogP) is 2.35. The van der Waals surface area contributed by atoms with E-state index < -0.39 is 18.2 Å². The van der Waals surface area contributed by atoms with Gasteiger partial charge in [-0.1, -0.05) is 53.7 Å². The molecule has 1 fully saturated rings. The average Bonchev–Trinajstić information content (AvgIpc) is 2.90. The number of aryl methyl sites for hydroxylation is 1. The van der Waals surface area contributed by atoms with Crippen LogP contribution in [0.4, 0.5) is 4.79 Å². The Morgan fingerprint density at radius 1 is 1.40 bits per heavy atom. The molecular weight excluding hydrogens is 336 g/mol. The van der Waals surface area contributed by atoms with E-state index in [9.17, 15) is 9.59 Å². The van der Waals surface area contributed by atoms with Gasteiger partial charge in [0.2, 0.25) is 0 Å². The van der Waals surface area contributed by atoms with Crippen molar-refractivity contribution in [1.82, 2.24) is 15.1 Å². The number of benzene rings is 1. The first kappa shape index (κ1) is 17.5. The number of amidine groups is 1. The summed E-state index contributed by atoms with van der Waals surface area (Å²) < 4.78 is 0. The lowest BCUT2D eigenvalue weighted by Crippen LogP contribution is -2.63. The predicted molar refractivity (Wildman–Crippen MR) is 100 cm³/mol. The Kier molecular flexibility index (Phi) is 4.85. The third kappa shape index (κ3) is 3.56. The summed E-state index contributed by atoms with van der Waals surface area (Å²) in [6.07, 6.45) is -0.487. The van der Waals surface area contributed by atoms with Crippen LogP contribution in [0.2, 0.25) is 0 Å². The lowest BCUT2D eigenvalue weighted by molar-refractivity contribution is -0.127. The molecule has 0 bridgehead atoms. The molecule has 0 aromatic heterocycles. The van der Waals surface area contributed by atoms with Crippen molar-refractivity contribution in [1.29, 1.82) is 0 Å². The highest BCUT2D eigenvalue weighted by Crippen LogP contribution is 2.30. The van der Waals surface area contributed by atoms with Crippen molar-refractivity contribution in [3.05, 3.63) is 47.5 Å². The number of nitrogens with zero attached hydrogens (tertiary/aromatic N) is 3. The molecule has 1 saturated heterocycles. The van der Waals surface area contributed by atoms with E-state index in [4.69, 9.17) is 0 Å². The van der Waals surface area contributed by atoms with Crippen LogP contribution in [0.15, 0.2) is 41.4 Å². The number of thioether (sulfide) groups is 1. The number of aliphatic imine (C=N–C) groups is 1. The topological polar surface area (TPSA) is 65.0 Å². The summed E-state index contributed by atoms with van der Waals surface area (Å²) in [5.41, 5.74) is 3.31. The molecule has 0 aliphatic carbocycles. The van der Waals surface area contributed by atoms with E-state index in [0.29, 0.717) is 6.54 Å². The third-order valence-corrected chi connectivity index (χ3v) is 5.44. The summed E-state index contributed by atoms with van der Waals surface area (Å²) in [5, 5.41) is 3.19. The first-order chi connectivity index (χ1) is 11.9. The van der Waals surface area contributed by atoms with E-state index in [-0.39, 0.29) is 5.91 Å². The molecule has 0 radical (unpaired) electrons. The number of urea groups is 1. The van der Waals surface area contributed by atoms with Gasteiger partial charge in [-0.3, -0.25) is 10.1 Å². The quantitative estimate of drug-likeness (QED) is 0.839. The van der Waals surface area contributed by atoms with Gasteiger partial charge in [0.15, 0.2) is 17.4 Å². The van der Waals surface area contributed by atoms with E-state index in [2.05, 4.69) is 23.0 Å². The molecule has 2 unspecified atom stereocenters. The number of amides is 3. The van der Waals surface area contributed by atoms with Crippen LogP contribution < -0.4 is 5.32 Å². The molecule has 7 heteroatoms. The molecule has 25 heavy (non-hydrogen) atoms. The Labute approximate surface area is 152 Å². The molecule has 1 aromatic rings. The first-order valence-corrected chi connectivity index (χ1v) is 9.10. The van der Waals surface area contributed by atoms with Crippen LogP contribution in [-0.2, 0) is 11.3 Å². The van der Waals surface area contributed by atoms with Gasteiger partial charge in [0.1, 0.15) is 0 Å². The van der Waals surface area contributed by atoms with Gasteiger partial charge in [0.05, 0.1) is 0 Å². The largest absolute Gasteiger partial charge is 0.331 e. The number of hydrogen-bond acceptors (Lipinski definition) is 5. The molecule has 0 saturated carbocycles. The van der Waals surface area contributed by atoms with E-state index >= 15 is 0 Å². The Bertz CT molecular complexity index is 761. The van der Waals surface area contributed by atoms with Crippen molar-refractivity contribution < 1.29 is 9.59 Å². The van der Waals surface area contributed by atoms with Crippen molar-refractivity contribution in [3.63, 3.8) is 0 Å². The zero-order valence-electron chi connectivity index (χ0n) is 14.7. The fraction of sp³-hybridized carbons (Fsp3) is 0.389. The summed E-state index contributed by atoms with van der Waals surface area (Å²) in [4.78, 5) is 32.6. The molecular formula is C18H22N4O2S. The van der Waals surface area contributed by atoms with Gasteiger partial charge < -0.3 is 9.80 Å². The minimum Gasteiger partial charge on any atom is -0.331 e. The first-order valence-electron chi connectivity index (χ1n) is 8.11. The number of hydrogen-bond donors (Lipinski definition) is 1. The molecule has 2 aliphatic rings. The number of imide groups is 1. The van der Waals surface area contributed by atoms with Crippen LogP contribution in [0.25, 0.3) is 0 Å². The third-order valence-electron chi connectivity index (χ3n) is 4.21.